The summed E-state index contributed by atoms with van der Waals surface area (Å²) in [6.07, 6.45) is 3.73. The van der Waals surface area contributed by atoms with Crippen LogP contribution in [0, 0.1) is 6.92 Å². The van der Waals surface area contributed by atoms with Crippen LogP contribution >= 0.6 is 0 Å². The highest BCUT2D eigenvalue weighted by atomic mass is 16.7. The first-order valence-corrected chi connectivity index (χ1v) is 8.66. The molecular formula is C20H21N3O2. The number of rotatable bonds is 3. The quantitative estimate of drug-likeness (QED) is 0.937. The molecule has 25 heavy (non-hydrogen) atoms. The molecule has 5 heteroatoms. The van der Waals surface area contributed by atoms with Gasteiger partial charge in [0.2, 0.25) is 0 Å². The smallest absolute Gasteiger partial charge is 0.255 e. The molecule has 0 bridgehead atoms. The van der Waals surface area contributed by atoms with Gasteiger partial charge in [0.05, 0.1) is 23.9 Å². The molecule has 1 saturated heterocycles. The van der Waals surface area contributed by atoms with Gasteiger partial charge in [0.25, 0.3) is 5.91 Å². The van der Waals surface area contributed by atoms with Gasteiger partial charge < -0.3 is 9.74 Å². The Kier molecular flexibility index (Phi) is 4.24. The Balaban J connectivity index is 1.64. The molecule has 0 radical (unpaired) electrons. The summed E-state index contributed by atoms with van der Waals surface area (Å²) in [6, 6.07) is 13.9. The molecule has 5 nitrogen and oxygen atoms in total. The van der Waals surface area contributed by atoms with Gasteiger partial charge in [-0.1, -0.05) is 35.9 Å². The molecule has 128 valence electrons. The minimum Gasteiger partial charge on any atom is -0.407 e. The van der Waals surface area contributed by atoms with Crippen LogP contribution in [0.5, 0.6) is 0 Å². The topological polar surface area (TPSA) is 54.5 Å². The van der Waals surface area contributed by atoms with Crippen molar-refractivity contribution in [1.82, 2.24) is 15.4 Å². The third-order valence-electron chi connectivity index (χ3n) is 4.81. The minimum absolute atomic E-state index is 0.0359. The van der Waals surface area contributed by atoms with Crippen molar-refractivity contribution in [3.8, 4) is 0 Å². The molecule has 1 atom stereocenters. The summed E-state index contributed by atoms with van der Waals surface area (Å²) < 4.78 is 0. The van der Waals surface area contributed by atoms with Crippen LogP contribution in [0.4, 0.5) is 0 Å². The molecule has 1 aromatic carbocycles. The number of nitrogens with zero attached hydrogens (tertiary/aromatic N) is 2. The number of aromatic nitrogens is 1. The van der Waals surface area contributed by atoms with E-state index in [0.717, 1.165) is 30.6 Å². The normalized spacial score (nSPS) is 20.0. The number of carbonyl (C=O) groups excluding carboxylic acids is 1. The second-order valence-corrected chi connectivity index (χ2v) is 6.51. The highest BCUT2D eigenvalue weighted by molar-refractivity contribution is 6.01. The molecule has 1 aromatic heterocycles. The fraction of sp³-hybridized carbons (Fsp3) is 0.300. The Morgan fingerprint density at radius 3 is 2.84 bits per heavy atom. The molecule has 0 aliphatic carbocycles. The van der Waals surface area contributed by atoms with E-state index in [1.165, 1.54) is 5.56 Å². The van der Waals surface area contributed by atoms with E-state index in [-0.39, 0.29) is 11.9 Å². The predicted octanol–water partition coefficient (Wildman–Crippen LogP) is 3.00. The van der Waals surface area contributed by atoms with Crippen LogP contribution in [0.15, 0.2) is 54.2 Å². The monoisotopic (exact) mass is 335 g/mol. The van der Waals surface area contributed by atoms with E-state index in [0.29, 0.717) is 17.9 Å². The summed E-state index contributed by atoms with van der Waals surface area (Å²) in [5.41, 5.74) is 6.60. The van der Waals surface area contributed by atoms with E-state index in [1.54, 1.807) is 6.20 Å². The van der Waals surface area contributed by atoms with Crippen LogP contribution in [-0.4, -0.2) is 28.9 Å². The van der Waals surface area contributed by atoms with Crippen molar-refractivity contribution in [3.63, 3.8) is 0 Å². The van der Waals surface area contributed by atoms with Crippen LogP contribution in [0.25, 0.3) is 5.76 Å². The van der Waals surface area contributed by atoms with Crippen molar-refractivity contribution in [2.24, 2.45) is 0 Å². The van der Waals surface area contributed by atoms with Gasteiger partial charge in [-0.15, -0.1) is 0 Å². The fourth-order valence-corrected chi connectivity index (χ4v) is 3.50. The number of aryl methyl sites for hydroxylation is 1. The number of carbonyl (C=O) groups is 1. The Morgan fingerprint density at radius 2 is 2.08 bits per heavy atom. The second-order valence-electron chi connectivity index (χ2n) is 6.51. The molecule has 3 heterocycles. The van der Waals surface area contributed by atoms with Gasteiger partial charge in [-0.05, 0) is 31.9 Å². The number of hydrogen-bond donors (Lipinski definition) is 1. The molecule has 4 rings (SSSR count). The first-order chi connectivity index (χ1) is 12.2. The molecule has 1 N–H and O–H groups in total. The average Bonchev–Trinajstić information content (AvgIpc) is 3.32. The van der Waals surface area contributed by atoms with Gasteiger partial charge in [-0.2, -0.15) is 5.48 Å². The second kappa shape index (κ2) is 6.69. The summed E-state index contributed by atoms with van der Waals surface area (Å²) in [5, 5.41) is 0. The maximum Gasteiger partial charge on any atom is 0.255 e. The zero-order chi connectivity index (χ0) is 17.2. The summed E-state index contributed by atoms with van der Waals surface area (Å²) in [4.78, 5) is 25.2. The standard InChI is InChI=1S/C20H21N3O2/c1-14-7-9-15(10-8-14)19-16(13-22-25-19)20(24)23-12-4-6-18(23)17-5-2-3-11-21-17/h2-3,5,7-11,18,22H,4,6,12-13H2,1H3. The first kappa shape index (κ1) is 15.8. The van der Waals surface area contributed by atoms with Crippen LogP contribution in [-0.2, 0) is 9.63 Å². The van der Waals surface area contributed by atoms with Crippen molar-refractivity contribution in [1.29, 1.82) is 0 Å². The molecule has 2 aromatic rings. The van der Waals surface area contributed by atoms with E-state index in [9.17, 15) is 4.79 Å². The number of amides is 1. The number of likely N-dealkylation sites (tertiary alicyclic amines) is 1. The summed E-state index contributed by atoms with van der Waals surface area (Å²) in [5.74, 6) is 0.672. The lowest BCUT2D eigenvalue weighted by Crippen LogP contribution is -2.33. The van der Waals surface area contributed by atoms with Gasteiger partial charge in [0.15, 0.2) is 5.76 Å². The number of hydrogen-bond acceptors (Lipinski definition) is 4. The lowest BCUT2D eigenvalue weighted by atomic mass is 10.1. The molecule has 1 amide bonds. The highest BCUT2D eigenvalue weighted by Gasteiger charge is 2.35. The van der Waals surface area contributed by atoms with Crippen molar-refractivity contribution in [3.05, 3.63) is 71.1 Å². The SMILES string of the molecule is Cc1ccc(C2=C(C(=O)N3CCCC3c3ccccn3)CNO2)cc1. The van der Waals surface area contributed by atoms with Gasteiger partial charge in [0, 0.05) is 18.3 Å². The lowest BCUT2D eigenvalue weighted by Gasteiger charge is -2.24. The Bertz CT molecular complexity index is 799. The summed E-state index contributed by atoms with van der Waals surface area (Å²) >= 11 is 0. The van der Waals surface area contributed by atoms with E-state index in [1.807, 2.05) is 54.3 Å². The van der Waals surface area contributed by atoms with Gasteiger partial charge >= 0.3 is 0 Å². The van der Waals surface area contributed by atoms with Crippen LogP contribution < -0.4 is 5.48 Å². The zero-order valence-electron chi connectivity index (χ0n) is 14.2. The molecule has 0 spiro atoms. The van der Waals surface area contributed by atoms with E-state index in [2.05, 4.69) is 10.5 Å². The average molecular weight is 335 g/mol. The maximum atomic E-state index is 13.2. The van der Waals surface area contributed by atoms with Crippen molar-refractivity contribution < 1.29 is 9.63 Å². The van der Waals surface area contributed by atoms with E-state index in [4.69, 9.17) is 4.84 Å². The number of benzene rings is 1. The van der Waals surface area contributed by atoms with Crippen LogP contribution in [0.2, 0.25) is 0 Å². The molecule has 0 saturated carbocycles. The Morgan fingerprint density at radius 1 is 1.24 bits per heavy atom. The Hall–Kier alpha value is -2.66. The zero-order valence-corrected chi connectivity index (χ0v) is 14.2. The van der Waals surface area contributed by atoms with Crippen molar-refractivity contribution in [2.45, 2.75) is 25.8 Å². The summed E-state index contributed by atoms with van der Waals surface area (Å²) in [6.45, 7) is 3.22. The lowest BCUT2D eigenvalue weighted by molar-refractivity contribution is -0.128. The number of hydroxylamine groups is 1. The van der Waals surface area contributed by atoms with Gasteiger partial charge in [-0.25, -0.2) is 0 Å². The fourth-order valence-electron chi connectivity index (χ4n) is 3.50. The van der Waals surface area contributed by atoms with Gasteiger partial charge in [-0.3, -0.25) is 9.78 Å². The van der Waals surface area contributed by atoms with Crippen LogP contribution in [0.3, 0.4) is 0 Å². The number of pyridine rings is 1. The maximum absolute atomic E-state index is 13.2. The Labute approximate surface area is 147 Å². The molecule has 1 unspecified atom stereocenters. The predicted molar refractivity (Wildman–Crippen MR) is 95.1 cm³/mol. The van der Waals surface area contributed by atoms with Crippen LogP contribution in [0.1, 0.15) is 35.7 Å². The molecule has 2 aliphatic rings. The van der Waals surface area contributed by atoms with E-state index >= 15 is 0 Å². The van der Waals surface area contributed by atoms with Crippen molar-refractivity contribution in [2.75, 3.05) is 13.1 Å². The molecule has 2 aliphatic heterocycles. The first-order valence-electron chi connectivity index (χ1n) is 8.66. The van der Waals surface area contributed by atoms with Crippen molar-refractivity contribution >= 4 is 11.7 Å². The minimum atomic E-state index is 0.0359. The third kappa shape index (κ3) is 3.03. The number of nitrogens with one attached hydrogen (secondary N) is 1. The highest BCUT2D eigenvalue weighted by Crippen LogP contribution is 2.34. The summed E-state index contributed by atoms with van der Waals surface area (Å²) in [7, 11) is 0. The largest absolute Gasteiger partial charge is 0.407 e. The molecular weight excluding hydrogens is 314 g/mol. The third-order valence-corrected chi connectivity index (χ3v) is 4.81. The molecule has 1 fully saturated rings. The van der Waals surface area contributed by atoms with E-state index < -0.39 is 0 Å². The van der Waals surface area contributed by atoms with Gasteiger partial charge in [0.1, 0.15) is 0 Å².